The molecule has 1 amide bonds. The largest absolute Gasteiger partial charge is 0.504 e. The van der Waals surface area contributed by atoms with E-state index in [1.165, 1.54) is 17.9 Å². The zero-order valence-corrected chi connectivity index (χ0v) is 11.3. The van der Waals surface area contributed by atoms with Crippen molar-refractivity contribution in [1.29, 1.82) is 0 Å². The molecule has 0 fully saturated rings. The minimum absolute atomic E-state index is 0.145. The van der Waals surface area contributed by atoms with Gasteiger partial charge in [0, 0.05) is 19.2 Å². The van der Waals surface area contributed by atoms with Crippen LogP contribution in [0.15, 0.2) is 24.4 Å². The summed E-state index contributed by atoms with van der Waals surface area (Å²) in [7, 11) is 3.14. The van der Waals surface area contributed by atoms with Crippen LogP contribution < -0.4 is 15.8 Å². The molecule has 0 aliphatic rings. The lowest BCUT2D eigenvalue weighted by atomic mass is 10.1. The minimum Gasteiger partial charge on any atom is -0.504 e. The van der Waals surface area contributed by atoms with Crippen LogP contribution in [0.2, 0.25) is 0 Å². The van der Waals surface area contributed by atoms with Crippen LogP contribution in [0, 0.1) is 0 Å². The zero-order chi connectivity index (χ0) is 14.7. The van der Waals surface area contributed by atoms with E-state index in [0.29, 0.717) is 11.4 Å². The van der Waals surface area contributed by atoms with Crippen molar-refractivity contribution in [2.24, 2.45) is 7.05 Å². The van der Waals surface area contributed by atoms with E-state index in [2.05, 4.69) is 10.4 Å². The number of aromatic nitrogens is 2. The van der Waals surface area contributed by atoms with Crippen molar-refractivity contribution in [3.8, 4) is 11.5 Å². The maximum atomic E-state index is 12.0. The highest BCUT2D eigenvalue weighted by Gasteiger charge is 2.15. The number of carbonyl (C=O) groups excluding carboxylic acids is 1. The molecule has 0 saturated heterocycles. The van der Waals surface area contributed by atoms with Crippen LogP contribution in [0.4, 0.5) is 5.82 Å². The van der Waals surface area contributed by atoms with Crippen LogP contribution in [0.1, 0.15) is 15.9 Å². The molecular weight excluding hydrogens is 260 g/mol. The number of aromatic hydroxyl groups is 1. The highest BCUT2D eigenvalue weighted by atomic mass is 16.5. The van der Waals surface area contributed by atoms with Crippen molar-refractivity contribution in [3.05, 3.63) is 35.5 Å². The first-order valence-corrected chi connectivity index (χ1v) is 5.95. The van der Waals surface area contributed by atoms with Crippen molar-refractivity contribution in [3.63, 3.8) is 0 Å². The summed E-state index contributed by atoms with van der Waals surface area (Å²) >= 11 is 0. The third-order valence-electron chi connectivity index (χ3n) is 2.97. The van der Waals surface area contributed by atoms with Crippen molar-refractivity contribution in [2.45, 2.75) is 6.54 Å². The summed E-state index contributed by atoms with van der Waals surface area (Å²) in [6, 6.07) is 4.72. The number of anilines is 1. The maximum Gasteiger partial charge on any atom is 0.255 e. The first-order valence-electron chi connectivity index (χ1n) is 5.95. The number of carbonyl (C=O) groups is 1. The van der Waals surface area contributed by atoms with Crippen LogP contribution in [0.25, 0.3) is 0 Å². The van der Waals surface area contributed by atoms with E-state index in [1.807, 2.05) is 0 Å². The number of ether oxygens (including phenoxy) is 1. The highest BCUT2D eigenvalue weighted by Crippen LogP contribution is 2.29. The molecule has 0 aliphatic heterocycles. The van der Waals surface area contributed by atoms with Gasteiger partial charge in [0.05, 0.1) is 18.9 Å². The molecule has 0 bridgehead atoms. The fourth-order valence-corrected chi connectivity index (χ4v) is 1.77. The van der Waals surface area contributed by atoms with Gasteiger partial charge < -0.3 is 20.9 Å². The van der Waals surface area contributed by atoms with Crippen LogP contribution >= 0.6 is 0 Å². The lowest BCUT2D eigenvalue weighted by molar-refractivity contribution is 0.0947. The number of phenolic OH excluding ortho intramolecular Hbond substituents is 1. The number of rotatable bonds is 4. The van der Waals surface area contributed by atoms with Crippen molar-refractivity contribution >= 4 is 11.7 Å². The van der Waals surface area contributed by atoms with Gasteiger partial charge in [0.25, 0.3) is 5.91 Å². The van der Waals surface area contributed by atoms with E-state index in [9.17, 15) is 9.90 Å². The Morgan fingerprint density at radius 2 is 2.30 bits per heavy atom. The highest BCUT2D eigenvalue weighted by molar-refractivity contribution is 5.97. The van der Waals surface area contributed by atoms with Gasteiger partial charge in [-0.15, -0.1) is 0 Å². The first kappa shape index (κ1) is 13.7. The van der Waals surface area contributed by atoms with Crippen LogP contribution in [0.3, 0.4) is 0 Å². The van der Waals surface area contributed by atoms with Crippen LogP contribution in [0.5, 0.6) is 11.5 Å². The molecule has 0 radical (unpaired) electrons. The first-order chi connectivity index (χ1) is 9.54. The Morgan fingerprint density at radius 3 is 2.90 bits per heavy atom. The quantitative estimate of drug-likeness (QED) is 0.760. The average Bonchev–Trinajstić information content (AvgIpc) is 2.76. The minimum atomic E-state index is -0.412. The molecule has 4 N–H and O–H groups in total. The summed E-state index contributed by atoms with van der Waals surface area (Å²) in [6.07, 6.45) is 1.58. The Hall–Kier alpha value is -2.70. The SMILES string of the molecule is COc1cccc(C(=O)NCc2cnn(C)c2N)c1O. The van der Waals surface area contributed by atoms with E-state index in [-0.39, 0.29) is 23.6 Å². The molecule has 7 nitrogen and oxygen atoms in total. The molecule has 2 rings (SSSR count). The smallest absolute Gasteiger partial charge is 0.255 e. The third-order valence-corrected chi connectivity index (χ3v) is 2.97. The molecule has 7 heteroatoms. The number of hydrogen-bond acceptors (Lipinski definition) is 5. The number of phenols is 1. The van der Waals surface area contributed by atoms with Gasteiger partial charge in [-0.25, -0.2) is 0 Å². The van der Waals surface area contributed by atoms with E-state index >= 15 is 0 Å². The lowest BCUT2D eigenvalue weighted by Gasteiger charge is -2.09. The number of nitrogen functional groups attached to an aromatic ring is 1. The fourth-order valence-electron chi connectivity index (χ4n) is 1.77. The number of nitrogens with zero attached hydrogens (tertiary/aromatic N) is 2. The summed E-state index contributed by atoms with van der Waals surface area (Å²) in [5.74, 6) is 0.134. The number of hydrogen-bond donors (Lipinski definition) is 3. The molecule has 0 spiro atoms. The molecule has 106 valence electrons. The van der Waals surface area contributed by atoms with Gasteiger partial charge in [-0.3, -0.25) is 9.48 Å². The summed E-state index contributed by atoms with van der Waals surface area (Å²) in [5, 5.41) is 16.5. The van der Waals surface area contributed by atoms with E-state index in [4.69, 9.17) is 10.5 Å². The molecule has 0 saturated carbocycles. The van der Waals surface area contributed by atoms with Gasteiger partial charge in [-0.1, -0.05) is 6.07 Å². The Balaban J connectivity index is 2.11. The predicted molar refractivity (Wildman–Crippen MR) is 73.4 cm³/mol. The average molecular weight is 276 g/mol. The Morgan fingerprint density at radius 1 is 1.55 bits per heavy atom. The summed E-state index contributed by atoms with van der Waals surface area (Å²) in [5.41, 5.74) is 6.64. The second kappa shape index (κ2) is 5.52. The number of methoxy groups -OCH3 is 1. The number of nitrogens with two attached hydrogens (primary N) is 1. The van der Waals surface area contributed by atoms with Crippen molar-refractivity contribution in [1.82, 2.24) is 15.1 Å². The van der Waals surface area contributed by atoms with Gasteiger partial charge in [0.1, 0.15) is 5.82 Å². The fraction of sp³-hybridized carbons (Fsp3) is 0.231. The van der Waals surface area contributed by atoms with Crippen molar-refractivity contribution < 1.29 is 14.6 Å². The Labute approximate surface area is 116 Å². The molecule has 2 aromatic rings. The lowest BCUT2D eigenvalue weighted by Crippen LogP contribution is -2.23. The second-order valence-corrected chi connectivity index (χ2v) is 4.22. The zero-order valence-electron chi connectivity index (χ0n) is 11.3. The van der Waals surface area contributed by atoms with Crippen LogP contribution in [-0.2, 0) is 13.6 Å². The molecule has 20 heavy (non-hydrogen) atoms. The molecule has 0 atom stereocenters. The molecular formula is C13H16N4O3. The second-order valence-electron chi connectivity index (χ2n) is 4.22. The van der Waals surface area contributed by atoms with E-state index in [0.717, 1.165) is 0 Å². The standard InChI is InChI=1S/C13H16N4O3/c1-17-12(14)8(7-16-17)6-15-13(19)9-4-3-5-10(20-2)11(9)18/h3-5,7,18H,6,14H2,1-2H3,(H,15,19). The van der Waals surface area contributed by atoms with E-state index in [1.54, 1.807) is 25.4 Å². The number of amides is 1. The molecule has 0 unspecified atom stereocenters. The summed E-state index contributed by atoms with van der Waals surface area (Å²) < 4.78 is 6.48. The van der Waals surface area contributed by atoms with Crippen molar-refractivity contribution in [2.75, 3.05) is 12.8 Å². The Bertz CT molecular complexity index is 637. The molecule has 0 aliphatic carbocycles. The number of benzene rings is 1. The molecule has 1 aromatic carbocycles. The number of nitrogens with one attached hydrogen (secondary N) is 1. The number of para-hydroxylation sites is 1. The van der Waals surface area contributed by atoms with Gasteiger partial charge >= 0.3 is 0 Å². The molecule has 1 aromatic heterocycles. The van der Waals surface area contributed by atoms with Crippen LogP contribution in [-0.4, -0.2) is 27.9 Å². The molecule has 1 heterocycles. The van der Waals surface area contributed by atoms with Gasteiger partial charge in [0.15, 0.2) is 11.5 Å². The Kier molecular flexibility index (Phi) is 3.79. The maximum absolute atomic E-state index is 12.0. The topological polar surface area (TPSA) is 102 Å². The normalized spacial score (nSPS) is 10.3. The van der Waals surface area contributed by atoms with Gasteiger partial charge in [-0.2, -0.15) is 5.10 Å². The monoisotopic (exact) mass is 276 g/mol. The van der Waals surface area contributed by atoms with Gasteiger partial charge in [-0.05, 0) is 12.1 Å². The summed E-state index contributed by atoms with van der Waals surface area (Å²) in [6.45, 7) is 0.231. The predicted octanol–water partition coefficient (Wildman–Crippen LogP) is 0.646. The number of aryl methyl sites for hydroxylation is 1. The van der Waals surface area contributed by atoms with E-state index < -0.39 is 5.91 Å². The summed E-state index contributed by atoms with van der Waals surface area (Å²) in [4.78, 5) is 12.0. The third kappa shape index (κ3) is 2.51. The van der Waals surface area contributed by atoms with Gasteiger partial charge in [0.2, 0.25) is 0 Å².